The first kappa shape index (κ1) is 14.4. The fourth-order valence-corrected chi connectivity index (χ4v) is 3.35. The summed E-state index contributed by atoms with van der Waals surface area (Å²) in [7, 11) is 0. The van der Waals surface area contributed by atoms with Gasteiger partial charge in [-0.1, -0.05) is 34.6 Å². The molecule has 106 valence electrons. The van der Waals surface area contributed by atoms with Crippen LogP contribution >= 0.6 is 0 Å². The minimum Gasteiger partial charge on any atom is -0.356 e. The number of nitrogens with zero attached hydrogens (tertiary/aromatic N) is 2. The highest BCUT2D eigenvalue weighted by Crippen LogP contribution is 2.29. The summed E-state index contributed by atoms with van der Waals surface area (Å²) in [5, 5.41) is 0. The second kappa shape index (κ2) is 5.15. The van der Waals surface area contributed by atoms with Crippen LogP contribution in [0.25, 0.3) is 0 Å². The maximum atomic E-state index is 4.72. The Morgan fingerprint density at radius 2 is 1.74 bits per heavy atom. The van der Waals surface area contributed by atoms with Gasteiger partial charge in [0.2, 0.25) is 0 Å². The number of aromatic nitrogens is 1. The van der Waals surface area contributed by atoms with Crippen molar-refractivity contribution < 1.29 is 0 Å². The Morgan fingerprint density at radius 1 is 1.16 bits per heavy atom. The molecular formula is C17H28N2. The van der Waals surface area contributed by atoms with Gasteiger partial charge in [-0.15, -0.1) is 0 Å². The van der Waals surface area contributed by atoms with Gasteiger partial charge in [0, 0.05) is 19.3 Å². The first-order valence-corrected chi connectivity index (χ1v) is 7.49. The molecule has 1 aliphatic rings. The molecule has 0 amide bonds. The van der Waals surface area contributed by atoms with Crippen molar-refractivity contribution in [3.63, 3.8) is 0 Å². The highest BCUT2D eigenvalue weighted by molar-refractivity contribution is 5.45. The molecule has 0 radical (unpaired) electrons. The molecule has 0 N–H and O–H groups in total. The number of hydrogen-bond donors (Lipinski definition) is 0. The predicted molar refractivity (Wildman–Crippen MR) is 82.8 cm³/mol. The number of anilines is 1. The summed E-state index contributed by atoms with van der Waals surface area (Å²) >= 11 is 0. The Kier molecular flexibility index (Phi) is 3.89. The van der Waals surface area contributed by atoms with Crippen LogP contribution in [0.3, 0.4) is 0 Å². The third-order valence-corrected chi connectivity index (χ3v) is 4.10. The van der Waals surface area contributed by atoms with Crippen molar-refractivity contribution in [2.75, 3.05) is 18.0 Å². The van der Waals surface area contributed by atoms with Crippen LogP contribution in [0.2, 0.25) is 0 Å². The largest absolute Gasteiger partial charge is 0.356 e. The van der Waals surface area contributed by atoms with Crippen LogP contribution < -0.4 is 4.90 Å². The van der Waals surface area contributed by atoms with E-state index in [9.17, 15) is 0 Å². The van der Waals surface area contributed by atoms with Crippen molar-refractivity contribution in [3.8, 4) is 0 Å². The third-order valence-electron chi connectivity index (χ3n) is 4.10. The minimum atomic E-state index is 0.179. The summed E-state index contributed by atoms with van der Waals surface area (Å²) in [6.45, 7) is 15.9. The maximum Gasteiger partial charge on any atom is 0.128 e. The van der Waals surface area contributed by atoms with Gasteiger partial charge in [0.25, 0.3) is 0 Å². The van der Waals surface area contributed by atoms with E-state index in [-0.39, 0.29) is 5.41 Å². The van der Waals surface area contributed by atoms with Gasteiger partial charge in [-0.3, -0.25) is 0 Å². The first-order valence-electron chi connectivity index (χ1n) is 7.49. The molecule has 2 unspecified atom stereocenters. The first-order chi connectivity index (χ1) is 8.77. The molecule has 2 atom stereocenters. The Morgan fingerprint density at radius 3 is 2.21 bits per heavy atom. The number of aryl methyl sites for hydroxylation is 1. The van der Waals surface area contributed by atoms with E-state index >= 15 is 0 Å². The Hall–Kier alpha value is -1.05. The van der Waals surface area contributed by atoms with Crippen LogP contribution in [0.5, 0.6) is 0 Å². The van der Waals surface area contributed by atoms with Gasteiger partial charge in [-0.05, 0) is 47.8 Å². The van der Waals surface area contributed by atoms with Crippen molar-refractivity contribution in [3.05, 3.63) is 23.4 Å². The zero-order valence-corrected chi connectivity index (χ0v) is 13.3. The molecule has 19 heavy (non-hydrogen) atoms. The molecule has 2 heteroatoms. The van der Waals surface area contributed by atoms with Gasteiger partial charge < -0.3 is 4.90 Å². The second-order valence-corrected chi connectivity index (χ2v) is 7.46. The summed E-state index contributed by atoms with van der Waals surface area (Å²) in [5.41, 5.74) is 2.90. The van der Waals surface area contributed by atoms with Crippen molar-refractivity contribution >= 4 is 5.82 Å². The Bertz CT molecular complexity index is 435. The van der Waals surface area contributed by atoms with E-state index in [0.717, 1.165) is 30.7 Å². The van der Waals surface area contributed by atoms with Crippen LogP contribution in [0.4, 0.5) is 5.82 Å². The summed E-state index contributed by atoms with van der Waals surface area (Å²) in [6, 6.07) is 2.27. The lowest BCUT2D eigenvalue weighted by molar-refractivity contribution is 0.355. The van der Waals surface area contributed by atoms with E-state index in [1.807, 2.05) is 0 Å². The summed E-state index contributed by atoms with van der Waals surface area (Å²) in [5.74, 6) is 2.70. The van der Waals surface area contributed by atoms with E-state index in [1.165, 1.54) is 17.5 Å². The summed E-state index contributed by atoms with van der Waals surface area (Å²) < 4.78 is 0. The molecule has 0 aromatic carbocycles. The average Bonchev–Trinajstić information content (AvgIpc) is 2.25. The van der Waals surface area contributed by atoms with Crippen molar-refractivity contribution in [2.24, 2.45) is 11.8 Å². The average molecular weight is 260 g/mol. The highest BCUT2D eigenvalue weighted by atomic mass is 15.2. The Balaban J connectivity index is 2.25. The fourth-order valence-electron chi connectivity index (χ4n) is 3.35. The monoisotopic (exact) mass is 260 g/mol. The number of pyridine rings is 1. The maximum absolute atomic E-state index is 4.72. The molecule has 0 bridgehead atoms. The van der Waals surface area contributed by atoms with Gasteiger partial charge >= 0.3 is 0 Å². The summed E-state index contributed by atoms with van der Waals surface area (Å²) in [4.78, 5) is 7.18. The van der Waals surface area contributed by atoms with Crippen LogP contribution in [0.15, 0.2) is 12.3 Å². The standard InChI is InChI=1S/C17H28N2/c1-12-7-13(2)11-19(10-12)16-8-14(3)15(9-18-16)17(4,5)6/h8-9,12-13H,7,10-11H2,1-6H3. The molecule has 1 saturated heterocycles. The van der Waals surface area contributed by atoms with Crippen LogP contribution in [0.1, 0.15) is 52.2 Å². The number of piperidine rings is 1. The normalized spacial score (nSPS) is 24.6. The van der Waals surface area contributed by atoms with E-state index in [4.69, 9.17) is 4.98 Å². The molecule has 0 aliphatic carbocycles. The van der Waals surface area contributed by atoms with Crippen LogP contribution in [-0.4, -0.2) is 18.1 Å². The van der Waals surface area contributed by atoms with Gasteiger partial charge in [-0.2, -0.15) is 0 Å². The van der Waals surface area contributed by atoms with E-state index < -0.39 is 0 Å². The molecule has 2 heterocycles. The lowest BCUT2D eigenvalue weighted by Crippen LogP contribution is -2.39. The smallest absolute Gasteiger partial charge is 0.128 e. The molecular weight excluding hydrogens is 232 g/mol. The highest BCUT2D eigenvalue weighted by Gasteiger charge is 2.24. The molecule has 2 rings (SSSR count). The number of rotatable bonds is 1. The lowest BCUT2D eigenvalue weighted by atomic mass is 9.85. The zero-order chi connectivity index (χ0) is 14.2. The van der Waals surface area contributed by atoms with Gasteiger partial charge in [0.1, 0.15) is 5.82 Å². The Labute approximate surface area is 118 Å². The second-order valence-electron chi connectivity index (χ2n) is 7.46. The van der Waals surface area contributed by atoms with Gasteiger partial charge in [0.15, 0.2) is 0 Å². The zero-order valence-electron chi connectivity index (χ0n) is 13.3. The summed E-state index contributed by atoms with van der Waals surface area (Å²) in [6.07, 6.45) is 3.42. The third kappa shape index (κ3) is 3.29. The molecule has 2 nitrogen and oxygen atoms in total. The van der Waals surface area contributed by atoms with Crippen LogP contribution in [0, 0.1) is 18.8 Å². The molecule has 1 aromatic rings. The van der Waals surface area contributed by atoms with E-state index in [1.54, 1.807) is 0 Å². The van der Waals surface area contributed by atoms with Gasteiger partial charge in [0.05, 0.1) is 0 Å². The minimum absolute atomic E-state index is 0.179. The predicted octanol–water partition coefficient (Wildman–Crippen LogP) is 4.17. The van der Waals surface area contributed by atoms with E-state index in [0.29, 0.717) is 0 Å². The number of hydrogen-bond acceptors (Lipinski definition) is 2. The molecule has 0 spiro atoms. The van der Waals surface area contributed by atoms with Crippen molar-refractivity contribution in [2.45, 2.75) is 53.4 Å². The molecule has 0 saturated carbocycles. The lowest BCUT2D eigenvalue weighted by Gasteiger charge is -2.36. The van der Waals surface area contributed by atoms with E-state index in [2.05, 4.69) is 58.7 Å². The molecule has 1 fully saturated rings. The SMILES string of the molecule is Cc1cc(N2CC(C)CC(C)C2)ncc1C(C)(C)C. The van der Waals surface area contributed by atoms with Crippen molar-refractivity contribution in [1.82, 2.24) is 4.98 Å². The quantitative estimate of drug-likeness (QED) is 0.753. The van der Waals surface area contributed by atoms with Crippen LogP contribution in [-0.2, 0) is 5.41 Å². The van der Waals surface area contributed by atoms with Gasteiger partial charge in [-0.25, -0.2) is 4.98 Å². The fraction of sp³-hybridized carbons (Fsp3) is 0.706. The molecule has 1 aliphatic heterocycles. The topological polar surface area (TPSA) is 16.1 Å². The van der Waals surface area contributed by atoms with Crippen molar-refractivity contribution in [1.29, 1.82) is 0 Å². The molecule has 1 aromatic heterocycles.